The fourth-order valence-corrected chi connectivity index (χ4v) is 1.54. The number of hydrazine groups is 1. The van der Waals surface area contributed by atoms with Crippen LogP contribution in [0.2, 0.25) is 0 Å². The van der Waals surface area contributed by atoms with Gasteiger partial charge in [-0.3, -0.25) is 20.4 Å². The molecule has 3 N–H and O–H groups in total. The largest absolute Gasteiger partial charge is 0.497 e. The summed E-state index contributed by atoms with van der Waals surface area (Å²) in [5, 5.41) is 2.51. The van der Waals surface area contributed by atoms with E-state index in [0.29, 0.717) is 17.7 Å². The monoisotopic (exact) mass is 295 g/mol. The van der Waals surface area contributed by atoms with Gasteiger partial charge in [0.15, 0.2) is 5.11 Å². The molecule has 0 unspecified atom stereocenters. The van der Waals surface area contributed by atoms with E-state index in [4.69, 9.17) is 17.0 Å². The Labute approximate surface area is 122 Å². The van der Waals surface area contributed by atoms with Crippen LogP contribution in [0.5, 0.6) is 5.75 Å². The molecule has 0 radical (unpaired) electrons. The van der Waals surface area contributed by atoms with Gasteiger partial charge in [0.25, 0.3) is 5.91 Å². The zero-order chi connectivity index (χ0) is 15.0. The highest BCUT2D eigenvalue weighted by Gasteiger charge is 2.07. The maximum absolute atomic E-state index is 11.8. The van der Waals surface area contributed by atoms with E-state index in [1.807, 2.05) is 6.92 Å². The van der Waals surface area contributed by atoms with Crippen molar-refractivity contribution in [3.05, 3.63) is 29.8 Å². The SMILES string of the molecule is CCCC(=O)NC(=S)NNC(=O)c1ccc(OC)cc1. The van der Waals surface area contributed by atoms with Crippen molar-refractivity contribution in [3.8, 4) is 5.75 Å². The number of carbonyl (C=O) groups excluding carboxylic acids is 2. The van der Waals surface area contributed by atoms with Crippen LogP contribution < -0.4 is 20.9 Å². The van der Waals surface area contributed by atoms with Gasteiger partial charge in [-0.05, 0) is 42.9 Å². The van der Waals surface area contributed by atoms with E-state index in [0.717, 1.165) is 6.42 Å². The quantitative estimate of drug-likeness (QED) is 0.573. The summed E-state index contributed by atoms with van der Waals surface area (Å²) < 4.78 is 5.00. The molecule has 108 valence electrons. The van der Waals surface area contributed by atoms with Gasteiger partial charge < -0.3 is 10.1 Å². The second-order valence-electron chi connectivity index (χ2n) is 3.93. The van der Waals surface area contributed by atoms with Crippen molar-refractivity contribution in [2.45, 2.75) is 19.8 Å². The van der Waals surface area contributed by atoms with Crippen LogP contribution in [0, 0.1) is 0 Å². The van der Waals surface area contributed by atoms with Gasteiger partial charge in [0.1, 0.15) is 5.75 Å². The fourth-order valence-electron chi connectivity index (χ4n) is 1.38. The van der Waals surface area contributed by atoms with E-state index in [9.17, 15) is 9.59 Å². The van der Waals surface area contributed by atoms with E-state index in [1.165, 1.54) is 0 Å². The molecule has 0 heterocycles. The standard InChI is InChI=1S/C13H17N3O3S/c1-3-4-11(17)14-13(20)16-15-12(18)9-5-7-10(19-2)8-6-9/h5-8H,3-4H2,1-2H3,(H,15,18)(H2,14,16,17,20). The Morgan fingerprint density at radius 3 is 2.40 bits per heavy atom. The minimum atomic E-state index is -0.361. The molecular weight excluding hydrogens is 278 g/mol. The topological polar surface area (TPSA) is 79.5 Å². The van der Waals surface area contributed by atoms with Crippen LogP contribution in [0.3, 0.4) is 0 Å². The van der Waals surface area contributed by atoms with Gasteiger partial charge in [-0.1, -0.05) is 6.92 Å². The number of rotatable bonds is 4. The van der Waals surface area contributed by atoms with E-state index in [-0.39, 0.29) is 16.9 Å². The lowest BCUT2D eigenvalue weighted by Gasteiger charge is -2.10. The summed E-state index contributed by atoms with van der Waals surface area (Å²) in [6.45, 7) is 1.89. The van der Waals surface area contributed by atoms with Crippen molar-refractivity contribution in [3.63, 3.8) is 0 Å². The molecule has 20 heavy (non-hydrogen) atoms. The van der Waals surface area contributed by atoms with Crippen LogP contribution in [0.15, 0.2) is 24.3 Å². The zero-order valence-electron chi connectivity index (χ0n) is 11.4. The number of benzene rings is 1. The molecule has 0 aromatic heterocycles. The van der Waals surface area contributed by atoms with Crippen LogP contribution in [0.25, 0.3) is 0 Å². The smallest absolute Gasteiger partial charge is 0.269 e. The maximum Gasteiger partial charge on any atom is 0.269 e. The van der Waals surface area contributed by atoms with Gasteiger partial charge >= 0.3 is 0 Å². The number of amides is 2. The molecule has 1 rings (SSSR count). The Morgan fingerprint density at radius 2 is 1.85 bits per heavy atom. The van der Waals surface area contributed by atoms with Gasteiger partial charge in [0.05, 0.1) is 7.11 Å². The summed E-state index contributed by atoms with van der Waals surface area (Å²) in [6, 6.07) is 6.59. The van der Waals surface area contributed by atoms with E-state index in [1.54, 1.807) is 31.4 Å². The number of hydrogen-bond donors (Lipinski definition) is 3. The Morgan fingerprint density at radius 1 is 1.20 bits per heavy atom. The minimum Gasteiger partial charge on any atom is -0.497 e. The molecule has 0 saturated carbocycles. The summed E-state index contributed by atoms with van der Waals surface area (Å²) in [4.78, 5) is 23.0. The lowest BCUT2D eigenvalue weighted by atomic mass is 10.2. The number of nitrogens with one attached hydrogen (secondary N) is 3. The fraction of sp³-hybridized carbons (Fsp3) is 0.308. The Balaban J connectivity index is 2.42. The Bertz CT molecular complexity index is 488. The Hall–Kier alpha value is -2.15. The number of ether oxygens (including phenoxy) is 1. The molecular formula is C13H17N3O3S. The summed E-state index contributed by atoms with van der Waals surface area (Å²) in [5.41, 5.74) is 5.31. The Kier molecular flexibility index (Phi) is 6.45. The first-order valence-electron chi connectivity index (χ1n) is 6.11. The lowest BCUT2D eigenvalue weighted by molar-refractivity contribution is -0.119. The summed E-state index contributed by atoms with van der Waals surface area (Å²) in [5.74, 6) is 0.111. The molecule has 1 aromatic rings. The summed E-state index contributed by atoms with van der Waals surface area (Å²) in [7, 11) is 1.55. The normalized spacial score (nSPS) is 9.50. The highest BCUT2D eigenvalue weighted by Crippen LogP contribution is 2.10. The third-order valence-corrected chi connectivity index (χ3v) is 2.58. The van der Waals surface area contributed by atoms with Crippen molar-refractivity contribution in [2.75, 3.05) is 7.11 Å². The molecule has 1 aromatic carbocycles. The van der Waals surface area contributed by atoms with Gasteiger partial charge in [0, 0.05) is 12.0 Å². The lowest BCUT2D eigenvalue weighted by Crippen LogP contribution is -2.48. The first-order chi connectivity index (χ1) is 9.56. The zero-order valence-corrected chi connectivity index (χ0v) is 12.2. The molecule has 0 bridgehead atoms. The van der Waals surface area contributed by atoms with E-state index in [2.05, 4.69) is 16.2 Å². The predicted molar refractivity (Wildman–Crippen MR) is 79.2 cm³/mol. The molecule has 0 saturated heterocycles. The summed E-state index contributed by atoms with van der Waals surface area (Å²) >= 11 is 4.87. The predicted octanol–water partition coefficient (Wildman–Crippen LogP) is 1.13. The molecule has 7 heteroatoms. The van der Waals surface area contributed by atoms with E-state index < -0.39 is 0 Å². The first-order valence-corrected chi connectivity index (χ1v) is 6.52. The molecule has 0 atom stereocenters. The second-order valence-corrected chi connectivity index (χ2v) is 4.34. The molecule has 6 nitrogen and oxygen atoms in total. The first kappa shape index (κ1) is 15.9. The van der Waals surface area contributed by atoms with Gasteiger partial charge in [-0.25, -0.2) is 0 Å². The maximum atomic E-state index is 11.8. The average molecular weight is 295 g/mol. The third-order valence-electron chi connectivity index (χ3n) is 2.37. The van der Waals surface area contributed by atoms with Crippen molar-refractivity contribution in [1.82, 2.24) is 16.2 Å². The van der Waals surface area contributed by atoms with Crippen molar-refractivity contribution < 1.29 is 14.3 Å². The molecule has 0 aliphatic rings. The molecule has 0 fully saturated rings. The minimum absolute atomic E-state index is 0.0605. The number of carbonyl (C=O) groups is 2. The molecule has 0 aliphatic heterocycles. The molecule has 0 aliphatic carbocycles. The number of methoxy groups -OCH3 is 1. The number of thiocarbonyl (C=S) groups is 1. The molecule has 2 amide bonds. The van der Waals surface area contributed by atoms with Gasteiger partial charge in [-0.15, -0.1) is 0 Å². The second kappa shape index (κ2) is 8.11. The molecule has 0 spiro atoms. The van der Waals surface area contributed by atoms with Crippen molar-refractivity contribution in [1.29, 1.82) is 0 Å². The van der Waals surface area contributed by atoms with Gasteiger partial charge in [-0.2, -0.15) is 0 Å². The highest BCUT2D eigenvalue weighted by molar-refractivity contribution is 7.80. The highest BCUT2D eigenvalue weighted by atomic mass is 32.1. The van der Waals surface area contributed by atoms with Crippen LogP contribution >= 0.6 is 12.2 Å². The van der Waals surface area contributed by atoms with E-state index >= 15 is 0 Å². The van der Waals surface area contributed by atoms with Gasteiger partial charge in [0.2, 0.25) is 5.91 Å². The van der Waals surface area contributed by atoms with Crippen LogP contribution in [0.1, 0.15) is 30.1 Å². The summed E-state index contributed by atoms with van der Waals surface area (Å²) in [6.07, 6.45) is 1.11. The van der Waals surface area contributed by atoms with Crippen LogP contribution in [-0.4, -0.2) is 24.0 Å². The van der Waals surface area contributed by atoms with Crippen molar-refractivity contribution in [2.24, 2.45) is 0 Å². The van der Waals surface area contributed by atoms with Crippen LogP contribution in [-0.2, 0) is 4.79 Å². The average Bonchev–Trinajstić information content (AvgIpc) is 2.45. The third kappa shape index (κ3) is 5.23. The van der Waals surface area contributed by atoms with Crippen molar-refractivity contribution >= 4 is 29.1 Å². The van der Waals surface area contributed by atoms with Crippen LogP contribution in [0.4, 0.5) is 0 Å². The number of hydrogen-bond acceptors (Lipinski definition) is 4.